The highest BCUT2D eigenvalue weighted by atomic mass is 32.2. The van der Waals surface area contributed by atoms with Crippen molar-refractivity contribution in [2.45, 2.75) is 37.5 Å². The number of aromatic nitrogens is 3. The number of carboxylic acids is 1. The van der Waals surface area contributed by atoms with Crippen LogP contribution in [0.5, 0.6) is 11.8 Å². The number of fused-ring (bicyclic) bond motifs is 1. The minimum absolute atomic E-state index is 0.0170. The molecule has 276 valence electrons. The molecule has 3 aliphatic rings. The van der Waals surface area contributed by atoms with Crippen LogP contribution in [0.4, 0.5) is 32.5 Å². The molecule has 4 N–H and O–H groups in total. The lowest BCUT2D eigenvalue weighted by molar-refractivity contribution is -0.121. The summed E-state index contributed by atoms with van der Waals surface area (Å²) < 4.78 is 51.4. The number of benzene rings is 2. The first-order valence-electron chi connectivity index (χ1n) is 15.8. The summed E-state index contributed by atoms with van der Waals surface area (Å²) in [6.07, 6.45) is 8.01. The number of imide groups is 1. The third kappa shape index (κ3) is 7.99. The summed E-state index contributed by atoms with van der Waals surface area (Å²) in [5, 5.41) is 13.9. The first kappa shape index (κ1) is 37.6. The molecule has 18 nitrogen and oxygen atoms in total. The molecule has 5 amide bonds. The molecule has 53 heavy (non-hydrogen) atoms. The number of urea groups is 1. The highest BCUT2D eigenvalue weighted by Crippen LogP contribution is 2.41. The molecule has 3 aromatic rings. The molecule has 20 heteroatoms. The van der Waals surface area contributed by atoms with E-state index >= 15 is 0 Å². The van der Waals surface area contributed by atoms with E-state index in [1.54, 1.807) is 11.6 Å². The van der Waals surface area contributed by atoms with E-state index in [0.717, 1.165) is 35.9 Å². The molecule has 2 aliphatic heterocycles. The van der Waals surface area contributed by atoms with Gasteiger partial charge in [0, 0.05) is 24.3 Å². The molecule has 1 aromatic heterocycles. The number of aromatic carboxylic acids is 1. The monoisotopic (exact) mass is 750 g/mol. The number of terminal acetylenes is 1. The summed E-state index contributed by atoms with van der Waals surface area (Å²) in [5.41, 5.74) is 0.515. The van der Waals surface area contributed by atoms with Gasteiger partial charge in [-0.2, -0.15) is 15.0 Å². The molecule has 2 aromatic carbocycles. The van der Waals surface area contributed by atoms with E-state index in [-0.39, 0.29) is 60.7 Å². The minimum Gasteiger partial charge on any atom is -0.481 e. The van der Waals surface area contributed by atoms with Gasteiger partial charge in [0.15, 0.2) is 12.4 Å². The predicted molar refractivity (Wildman–Crippen MR) is 184 cm³/mol. The fraction of sp³-hybridized carbons (Fsp3) is 0.273. The number of carboxylic acid groups (broad SMARTS) is 1. The number of sulfonamides is 1. The standard InChI is InChI=1S/C19H15FN2O4.C14H16N6O6S/c1-2-7-21-15-9-14(13(20)8-16(15)26-10-17(21)23)22-18(24)11-5-3-4-6-12(11)19(22)25;1-3-26-14-18-11(15-2)16-12(19-14)17-13(23)20-27(24,25)9-7-5-4-6-8(9)10(21)22/h1,8-9H,3-7,10H2;4-7H,3H2,1-2H3,(H,21,22)(H3,15,16,17,18,19,20,23). The predicted octanol–water partition coefficient (Wildman–Crippen LogP) is 2.45. The molecule has 0 radical (unpaired) electrons. The Bertz CT molecular complexity index is 2180. The van der Waals surface area contributed by atoms with Crippen molar-refractivity contribution in [2.75, 3.05) is 47.2 Å². The van der Waals surface area contributed by atoms with E-state index in [1.165, 1.54) is 30.1 Å². The second-order valence-corrected chi connectivity index (χ2v) is 12.8. The van der Waals surface area contributed by atoms with Gasteiger partial charge in [0.25, 0.3) is 27.7 Å². The number of amides is 5. The Morgan fingerprint density at radius 1 is 1.04 bits per heavy atom. The molecule has 0 bridgehead atoms. The number of ether oxygens (including phenoxy) is 2. The molecular formula is C33H31FN8O10S. The van der Waals surface area contributed by atoms with Crippen molar-refractivity contribution in [3.8, 4) is 24.1 Å². The Balaban J connectivity index is 0.000000204. The topological polar surface area (TPSA) is 239 Å². The summed E-state index contributed by atoms with van der Waals surface area (Å²) in [7, 11) is -2.92. The van der Waals surface area contributed by atoms with Crippen LogP contribution in [-0.4, -0.2) is 85.0 Å². The Hall–Kier alpha value is -6.62. The number of hydrogen-bond donors (Lipinski definition) is 4. The van der Waals surface area contributed by atoms with E-state index in [0.29, 0.717) is 24.0 Å². The first-order valence-corrected chi connectivity index (χ1v) is 17.3. The zero-order valence-corrected chi connectivity index (χ0v) is 29.0. The van der Waals surface area contributed by atoms with Crippen LogP contribution >= 0.6 is 0 Å². The van der Waals surface area contributed by atoms with Gasteiger partial charge in [0.1, 0.15) is 10.6 Å². The maximum Gasteiger partial charge on any atom is 0.337 e. The first-order chi connectivity index (χ1) is 25.3. The van der Waals surface area contributed by atoms with E-state index in [2.05, 4.69) is 31.5 Å². The van der Waals surface area contributed by atoms with Gasteiger partial charge < -0.3 is 19.9 Å². The van der Waals surface area contributed by atoms with Gasteiger partial charge in [-0.15, -0.1) is 6.42 Å². The normalized spacial score (nSPS) is 14.9. The fourth-order valence-electron chi connectivity index (χ4n) is 5.50. The minimum atomic E-state index is -4.45. The van der Waals surface area contributed by atoms with Gasteiger partial charge in [-0.1, -0.05) is 18.1 Å². The number of carbonyl (C=O) groups is 5. The lowest BCUT2D eigenvalue weighted by Gasteiger charge is -2.29. The third-order valence-corrected chi connectivity index (χ3v) is 9.21. The summed E-state index contributed by atoms with van der Waals surface area (Å²) in [6.45, 7) is 1.70. The molecule has 0 saturated carbocycles. The maximum absolute atomic E-state index is 14.7. The second-order valence-electron chi connectivity index (χ2n) is 11.2. The number of nitrogens with one attached hydrogen (secondary N) is 3. The van der Waals surface area contributed by atoms with Crippen molar-refractivity contribution in [3.05, 3.63) is 58.9 Å². The lowest BCUT2D eigenvalue weighted by Crippen LogP contribution is -2.39. The average Bonchev–Trinajstić information content (AvgIpc) is 3.38. The number of nitrogens with zero attached hydrogens (tertiary/aromatic N) is 5. The van der Waals surface area contributed by atoms with Crippen molar-refractivity contribution in [1.82, 2.24) is 19.7 Å². The van der Waals surface area contributed by atoms with Crippen molar-refractivity contribution in [2.24, 2.45) is 0 Å². The Morgan fingerprint density at radius 3 is 2.32 bits per heavy atom. The fourth-order valence-corrected chi connectivity index (χ4v) is 6.61. The van der Waals surface area contributed by atoms with Crippen molar-refractivity contribution in [3.63, 3.8) is 0 Å². The molecular weight excluding hydrogens is 719 g/mol. The van der Waals surface area contributed by atoms with Crippen LogP contribution in [0.2, 0.25) is 0 Å². The summed E-state index contributed by atoms with van der Waals surface area (Å²) >= 11 is 0. The molecule has 0 fully saturated rings. The molecule has 1 aliphatic carbocycles. The number of hydrogen-bond acceptors (Lipinski definition) is 13. The zero-order valence-electron chi connectivity index (χ0n) is 28.1. The molecule has 0 atom stereocenters. The lowest BCUT2D eigenvalue weighted by atomic mass is 9.93. The van der Waals surface area contributed by atoms with Crippen molar-refractivity contribution >= 4 is 63.0 Å². The van der Waals surface area contributed by atoms with Crippen LogP contribution in [0.25, 0.3) is 0 Å². The molecule has 3 heterocycles. The highest BCUT2D eigenvalue weighted by molar-refractivity contribution is 7.90. The average molecular weight is 751 g/mol. The SMILES string of the molecule is C#CCN1C(=O)COc2cc(F)c(N3C(=O)C4=C(CCCC4)C3=O)cc21.CCOc1nc(NC)nc(NC(=O)NS(=O)(=O)c2ccccc2C(=O)O)n1. The van der Waals surface area contributed by atoms with E-state index in [4.69, 9.17) is 21.0 Å². The van der Waals surface area contributed by atoms with E-state index in [9.17, 15) is 36.8 Å². The van der Waals surface area contributed by atoms with Crippen LogP contribution in [0.3, 0.4) is 0 Å². The van der Waals surface area contributed by atoms with Crippen LogP contribution in [0, 0.1) is 18.2 Å². The van der Waals surface area contributed by atoms with Crippen LogP contribution in [-0.2, 0) is 24.4 Å². The van der Waals surface area contributed by atoms with Gasteiger partial charge in [-0.25, -0.2) is 32.0 Å². The Morgan fingerprint density at radius 2 is 1.70 bits per heavy atom. The number of halogens is 1. The second kappa shape index (κ2) is 15.7. The van der Waals surface area contributed by atoms with Gasteiger partial charge in [0.05, 0.1) is 30.1 Å². The molecule has 0 unspecified atom stereocenters. The van der Waals surface area contributed by atoms with E-state index in [1.807, 2.05) is 0 Å². The smallest absolute Gasteiger partial charge is 0.337 e. The van der Waals surface area contributed by atoms with Crippen LogP contribution in [0.1, 0.15) is 43.0 Å². The van der Waals surface area contributed by atoms with Crippen molar-refractivity contribution < 1.29 is 51.4 Å². The summed E-state index contributed by atoms with van der Waals surface area (Å²) in [6, 6.07) is 5.96. The largest absolute Gasteiger partial charge is 0.481 e. The summed E-state index contributed by atoms with van der Waals surface area (Å²) in [5.74, 6) is -1.23. The maximum atomic E-state index is 14.7. The molecule has 6 rings (SSSR count). The van der Waals surface area contributed by atoms with Gasteiger partial charge in [0.2, 0.25) is 11.9 Å². The highest BCUT2D eigenvalue weighted by Gasteiger charge is 2.41. The van der Waals surface area contributed by atoms with Gasteiger partial charge in [-0.3, -0.25) is 24.6 Å². The van der Waals surface area contributed by atoms with Gasteiger partial charge >= 0.3 is 18.0 Å². The summed E-state index contributed by atoms with van der Waals surface area (Å²) in [4.78, 5) is 73.8. The van der Waals surface area contributed by atoms with E-state index < -0.39 is 50.1 Å². The number of carbonyl (C=O) groups excluding carboxylic acids is 4. The third-order valence-electron chi connectivity index (χ3n) is 7.82. The van der Waals surface area contributed by atoms with Crippen LogP contribution < -0.4 is 34.6 Å². The van der Waals surface area contributed by atoms with Crippen molar-refractivity contribution in [1.29, 1.82) is 0 Å². The van der Waals surface area contributed by atoms with Gasteiger partial charge in [-0.05, 0) is 50.8 Å². The Kier molecular flexibility index (Phi) is 11.2. The number of anilines is 4. The zero-order chi connectivity index (χ0) is 38.4. The van der Waals surface area contributed by atoms with Crippen LogP contribution in [0.15, 0.2) is 52.4 Å². The number of rotatable bonds is 9. The quantitative estimate of drug-likeness (QED) is 0.182. The molecule has 0 spiro atoms. The molecule has 0 saturated heterocycles. The Labute approximate surface area is 301 Å².